The van der Waals surface area contributed by atoms with Gasteiger partial charge < -0.3 is 10.7 Å². The second-order valence-electron chi connectivity index (χ2n) is 6.66. The Balaban J connectivity index is 1.58. The lowest BCUT2D eigenvalue weighted by molar-refractivity contribution is 0.242. The Bertz CT molecular complexity index is 1050. The highest BCUT2D eigenvalue weighted by Crippen LogP contribution is 2.23. The van der Waals surface area contributed by atoms with Gasteiger partial charge in [-0.15, -0.1) is 0 Å². The Morgan fingerprint density at radius 2 is 2.00 bits per heavy atom. The summed E-state index contributed by atoms with van der Waals surface area (Å²) in [7, 11) is 0. The van der Waals surface area contributed by atoms with Crippen molar-refractivity contribution < 1.29 is 4.39 Å². The van der Waals surface area contributed by atoms with Crippen LogP contribution in [0.25, 0.3) is 11.4 Å². The Kier molecular flexibility index (Phi) is 4.68. The molecule has 3 N–H and O–H groups in total. The molecular formula is C20H18ClFN4O. The standard InChI is InChI=1S/C20H18ClFN4O/c21-17-9-14(22)4-1-13(17)10-26-8-7-18-16(11-26)20(27)25-19(24-18)12-2-5-15(23)6-3-12/h1-6,9H,7-8,10-11,23H2,(H,24,25,27). The van der Waals surface area contributed by atoms with E-state index < -0.39 is 0 Å². The summed E-state index contributed by atoms with van der Waals surface area (Å²) >= 11 is 6.12. The number of nitrogen functional groups attached to an aromatic ring is 1. The van der Waals surface area contributed by atoms with Gasteiger partial charge in [-0.25, -0.2) is 9.37 Å². The van der Waals surface area contributed by atoms with Crippen molar-refractivity contribution >= 4 is 17.3 Å². The van der Waals surface area contributed by atoms with Crippen LogP contribution >= 0.6 is 11.6 Å². The van der Waals surface area contributed by atoms with E-state index in [2.05, 4.69) is 14.9 Å². The average Bonchev–Trinajstić information content (AvgIpc) is 2.65. The SMILES string of the molecule is Nc1ccc(-c2nc3c(c(=O)[nH]2)CN(Cc2ccc(F)cc2Cl)CC3)cc1. The second-order valence-corrected chi connectivity index (χ2v) is 7.07. The largest absolute Gasteiger partial charge is 0.399 e. The Labute approximate surface area is 160 Å². The number of aromatic nitrogens is 2. The molecule has 0 fully saturated rings. The summed E-state index contributed by atoms with van der Waals surface area (Å²) in [6, 6.07) is 11.6. The molecule has 2 aromatic carbocycles. The summed E-state index contributed by atoms with van der Waals surface area (Å²) in [6.07, 6.45) is 0.667. The first kappa shape index (κ1) is 17.7. The maximum atomic E-state index is 13.2. The molecule has 1 aromatic heterocycles. The summed E-state index contributed by atoms with van der Waals surface area (Å²) < 4.78 is 13.2. The zero-order valence-electron chi connectivity index (χ0n) is 14.5. The number of benzene rings is 2. The van der Waals surface area contributed by atoms with Gasteiger partial charge in [0.05, 0.1) is 11.3 Å². The summed E-state index contributed by atoms with van der Waals surface area (Å²) in [6.45, 7) is 1.78. The fourth-order valence-corrected chi connectivity index (χ4v) is 3.51. The maximum Gasteiger partial charge on any atom is 0.255 e. The van der Waals surface area contributed by atoms with Gasteiger partial charge in [0.1, 0.15) is 11.6 Å². The van der Waals surface area contributed by atoms with Gasteiger partial charge in [-0.2, -0.15) is 0 Å². The number of anilines is 1. The van der Waals surface area contributed by atoms with E-state index in [0.717, 1.165) is 23.4 Å². The molecule has 0 spiro atoms. The summed E-state index contributed by atoms with van der Waals surface area (Å²) in [5.41, 5.74) is 9.38. The van der Waals surface area contributed by atoms with Crippen molar-refractivity contribution in [3.8, 4) is 11.4 Å². The number of fused-ring (bicyclic) bond motifs is 1. The molecule has 0 aliphatic carbocycles. The molecule has 2 heterocycles. The molecule has 4 rings (SSSR count). The number of nitrogens with two attached hydrogens (primary N) is 1. The predicted molar refractivity (Wildman–Crippen MR) is 104 cm³/mol. The van der Waals surface area contributed by atoms with Crippen molar-refractivity contribution in [2.75, 3.05) is 12.3 Å². The highest BCUT2D eigenvalue weighted by Gasteiger charge is 2.22. The second kappa shape index (κ2) is 7.13. The molecule has 0 atom stereocenters. The first-order valence-electron chi connectivity index (χ1n) is 8.64. The normalized spacial score (nSPS) is 14.1. The van der Waals surface area contributed by atoms with Gasteiger partial charge >= 0.3 is 0 Å². The van der Waals surface area contributed by atoms with Crippen LogP contribution in [-0.2, 0) is 19.5 Å². The summed E-state index contributed by atoms with van der Waals surface area (Å²) in [5.74, 6) is 0.192. The highest BCUT2D eigenvalue weighted by molar-refractivity contribution is 6.31. The molecule has 1 aliphatic heterocycles. The van der Waals surface area contributed by atoms with Crippen LogP contribution in [-0.4, -0.2) is 21.4 Å². The van der Waals surface area contributed by atoms with Crippen molar-refractivity contribution in [2.24, 2.45) is 0 Å². The van der Waals surface area contributed by atoms with Crippen LogP contribution in [0.5, 0.6) is 0 Å². The fourth-order valence-electron chi connectivity index (χ4n) is 3.28. The average molecular weight is 385 g/mol. The van der Waals surface area contributed by atoms with Crippen LogP contribution in [0.3, 0.4) is 0 Å². The molecule has 138 valence electrons. The molecule has 0 radical (unpaired) electrons. The van der Waals surface area contributed by atoms with Gasteiger partial charge in [-0.3, -0.25) is 9.69 Å². The molecular weight excluding hydrogens is 367 g/mol. The van der Waals surface area contributed by atoms with Crippen LogP contribution < -0.4 is 11.3 Å². The first-order chi connectivity index (χ1) is 13.0. The van der Waals surface area contributed by atoms with E-state index in [1.54, 1.807) is 18.2 Å². The van der Waals surface area contributed by atoms with Crippen LogP contribution in [0, 0.1) is 5.82 Å². The molecule has 0 unspecified atom stereocenters. The Morgan fingerprint density at radius 1 is 1.22 bits per heavy atom. The van der Waals surface area contributed by atoms with E-state index in [-0.39, 0.29) is 11.4 Å². The molecule has 0 saturated carbocycles. The quantitative estimate of drug-likeness (QED) is 0.679. The lowest BCUT2D eigenvalue weighted by Crippen LogP contribution is -2.35. The first-order valence-corrected chi connectivity index (χ1v) is 9.01. The Hall–Kier alpha value is -2.70. The lowest BCUT2D eigenvalue weighted by atomic mass is 10.1. The van der Waals surface area contributed by atoms with Crippen molar-refractivity contribution in [3.63, 3.8) is 0 Å². The van der Waals surface area contributed by atoms with Crippen molar-refractivity contribution in [1.82, 2.24) is 14.9 Å². The molecule has 5 nitrogen and oxygen atoms in total. The van der Waals surface area contributed by atoms with Gasteiger partial charge in [-0.05, 0) is 42.0 Å². The zero-order valence-corrected chi connectivity index (χ0v) is 15.3. The summed E-state index contributed by atoms with van der Waals surface area (Å²) in [5, 5.41) is 0.395. The van der Waals surface area contributed by atoms with Crippen molar-refractivity contribution in [1.29, 1.82) is 0 Å². The van der Waals surface area contributed by atoms with Gasteiger partial charge in [-0.1, -0.05) is 17.7 Å². The minimum atomic E-state index is -0.358. The van der Waals surface area contributed by atoms with Crippen LogP contribution in [0.15, 0.2) is 47.3 Å². The molecule has 0 amide bonds. The van der Waals surface area contributed by atoms with E-state index in [4.69, 9.17) is 17.3 Å². The molecule has 0 saturated heterocycles. The number of nitrogens with one attached hydrogen (secondary N) is 1. The molecule has 1 aliphatic rings. The fraction of sp³-hybridized carbons (Fsp3) is 0.200. The van der Waals surface area contributed by atoms with Crippen molar-refractivity contribution in [2.45, 2.75) is 19.5 Å². The number of hydrogen-bond donors (Lipinski definition) is 2. The van der Waals surface area contributed by atoms with E-state index in [9.17, 15) is 9.18 Å². The number of aromatic amines is 1. The van der Waals surface area contributed by atoms with Crippen molar-refractivity contribution in [3.05, 3.63) is 80.5 Å². The highest BCUT2D eigenvalue weighted by atomic mass is 35.5. The van der Waals surface area contributed by atoms with Crippen LogP contribution in [0.2, 0.25) is 5.02 Å². The number of hydrogen-bond acceptors (Lipinski definition) is 4. The molecule has 0 bridgehead atoms. The van der Waals surface area contributed by atoms with Gasteiger partial charge in [0.15, 0.2) is 0 Å². The molecule has 27 heavy (non-hydrogen) atoms. The number of halogens is 2. The predicted octanol–water partition coefficient (Wildman–Crippen LogP) is 3.37. The third-order valence-corrected chi connectivity index (χ3v) is 5.09. The van der Waals surface area contributed by atoms with Gasteiger partial charge in [0.2, 0.25) is 0 Å². The smallest absolute Gasteiger partial charge is 0.255 e. The monoisotopic (exact) mass is 384 g/mol. The third-order valence-electron chi connectivity index (χ3n) is 4.74. The number of H-pyrrole nitrogens is 1. The van der Waals surface area contributed by atoms with Crippen LogP contribution in [0.4, 0.5) is 10.1 Å². The summed E-state index contributed by atoms with van der Waals surface area (Å²) in [4.78, 5) is 22.2. The minimum absolute atomic E-state index is 0.137. The van der Waals surface area contributed by atoms with Gasteiger partial charge in [0.25, 0.3) is 5.56 Å². The van der Waals surface area contributed by atoms with E-state index >= 15 is 0 Å². The lowest BCUT2D eigenvalue weighted by Gasteiger charge is -2.28. The van der Waals surface area contributed by atoms with E-state index in [1.807, 2.05) is 12.1 Å². The minimum Gasteiger partial charge on any atom is -0.399 e. The number of nitrogens with zero attached hydrogens (tertiary/aromatic N) is 2. The maximum absolute atomic E-state index is 13.2. The molecule has 7 heteroatoms. The van der Waals surface area contributed by atoms with E-state index in [1.165, 1.54) is 12.1 Å². The van der Waals surface area contributed by atoms with Crippen LogP contribution in [0.1, 0.15) is 16.8 Å². The zero-order chi connectivity index (χ0) is 19.0. The van der Waals surface area contributed by atoms with Gasteiger partial charge in [0, 0.05) is 42.3 Å². The number of rotatable bonds is 3. The molecule has 3 aromatic rings. The topological polar surface area (TPSA) is 75.0 Å². The van der Waals surface area contributed by atoms with E-state index in [0.29, 0.717) is 41.6 Å². The Morgan fingerprint density at radius 3 is 2.74 bits per heavy atom. The third kappa shape index (κ3) is 3.72.